The third kappa shape index (κ3) is 4.10. The molecule has 0 amide bonds. The Kier molecular flexibility index (Phi) is 4.79. The van der Waals surface area contributed by atoms with E-state index in [9.17, 15) is 0 Å². The Labute approximate surface area is 125 Å². The van der Waals surface area contributed by atoms with E-state index in [4.69, 9.17) is 4.98 Å². The van der Waals surface area contributed by atoms with Gasteiger partial charge in [-0.3, -0.25) is 0 Å². The molecular formula is C14H25N3S2. The number of hydrogen-bond donors (Lipinski definition) is 1. The lowest BCUT2D eigenvalue weighted by atomic mass is 10.1. The van der Waals surface area contributed by atoms with Crippen LogP contribution in [0, 0.1) is 6.92 Å². The number of hydrogen-bond acceptors (Lipinski definition) is 5. The van der Waals surface area contributed by atoms with Crippen molar-refractivity contribution in [3.63, 3.8) is 0 Å². The zero-order valence-corrected chi connectivity index (χ0v) is 14.2. The van der Waals surface area contributed by atoms with Gasteiger partial charge in [0.15, 0.2) is 5.13 Å². The molecule has 1 unspecified atom stereocenters. The summed E-state index contributed by atoms with van der Waals surface area (Å²) in [4.78, 5) is 8.62. The molecule has 0 radical (unpaired) electrons. The van der Waals surface area contributed by atoms with Crippen molar-refractivity contribution in [1.82, 2.24) is 10.3 Å². The quantitative estimate of drug-likeness (QED) is 0.927. The lowest BCUT2D eigenvalue weighted by molar-refractivity contribution is 0.425. The van der Waals surface area contributed by atoms with Gasteiger partial charge in [0.05, 0.1) is 5.69 Å². The summed E-state index contributed by atoms with van der Waals surface area (Å²) in [7, 11) is 0. The summed E-state index contributed by atoms with van der Waals surface area (Å²) in [6, 6.07) is 0.604. The maximum absolute atomic E-state index is 4.78. The van der Waals surface area contributed by atoms with E-state index in [-0.39, 0.29) is 5.54 Å². The number of aryl methyl sites for hydroxylation is 1. The molecule has 108 valence electrons. The molecule has 2 rings (SSSR count). The van der Waals surface area contributed by atoms with Gasteiger partial charge in [0, 0.05) is 41.1 Å². The second-order valence-corrected chi connectivity index (χ2v) is 8.44. The van der Waals surface area contributed by atoms with Gasteiger partial charge in [0.25, 0.3) is 0 Å². The number of nitrogens with one attached hydrogen (secondary N) is 1. The molecule has 19 heavy (non-hydrogen) atoms. The minimum Gasteiger partial charge on any atom is -0.344 e. The van der Waals surface area contributed by atoms with E-state index in [1.807, 2.05) is 23.1 Å². The van der Waals surface area contributed by atoms with Crippen LogP contribution >= 0.6 is 23.1 Å². The van der Waals surface area contributed by atoms with Crippen molar-refractivity contribution in [2.24, 2.45) is 0 Å². The molecule has 2 heterocycles. The van der Waals surface area contributed by atoms with E-state index in [2.05, 4.69) is 44.8 Å². The van der Waals surface area contributed by atoms with E-state index >= 15 is 0 Å². The van der Waals surface area contributed by atoms with Crippen LogP contribution in [0.5, 0.6) is 0 Å². The Bertz CT molecular complexity index is 423. The zero-order valence-electron chi connectivity index (χ0n) is 12.6. The van der Waals surface area contributed by atoms with E-state index in [0.29, 0.717) is 6.04 Å². The van der Waals surface area contributed by atoms with Gasteiger partial charge in [0.1, 0.15) is 0 Å². The van der Waals surface area contributed by atoms with Crippen molar-refractivity contribution in [3.05, 3.63) is 10.6 Å². The predicted molar refractivity (Wildman–Crippen MR) is 87.6 cm³/mol. The van der Waals surface area contributed by atoms with Crippen LogP contribution in [0.25, 0.3) is 0 Å². The van der Waals surface area contributed by atoms with E-state index in [0.717, 1.165) is 13.1 Å². The minimum absolute atomic E-state index is 0.158. The summed E-state index contributed by atoms with van der Waals surface area (Å²) in [6.45, 7) is 13.1. The Hall–Kier alpha value is -0.260. The molecule has 0 bridgehead atoms. The Balaban J connectivity index is 2.07. The van der Waals surface area contributed by atoms with Gasteiger partial charge in [-0.2, -0.15) is 11.8 Å². The molecule has 1 aliphatic heterocycles. The lowest BCUT2D eigenvalue weighted by Gasteiger charge is -2.32. The van der Waals surface area contributed by atoms with Crippen molar-refractivity contribution in [1.29, 1.82) is 0 Å². The topological polar surface area (TPSA) is 28.2 Å². The molecule has 0 saturated carbocycles. The molecule has 1 aliphatic rings. The Morgan fingerprint density at radius 2 is 2.16 bits per heavy atom. The van der Waals surface area contributed by atoms with E-state index in [1.165, 1.54) is 27.2 Å². The molecule has 1 fully saturated rings. The highest BCUT2D eigenvalue weighted by Crippen LogP contribution is 2.30. The largest absolute Gasteiger partial charge is 0.344 e. The first-order valence-corrected chi connectivity index (χ1v) is 8.89. The fourth-order valence-corrected chi connectivity index (χ4v) is 4.20. The van der Waals surface area contributed by atoms with Gasteiger partial charge in [-0.15, -0.1) is 11.3 Å². The molecule has 1 aromatic heterocycles. The summed E-state index contributed by atoms with van der Waals surface area (Å²) >= 11 is 3.90. The van der Waals surface area contributed by atoms with Crippen LogP contribution < -0.4 is 10.2 Å². The summed E-state index contributed by atoms with van der Waals surface area (Å²) in [6.07, 6.45) is 0. The minimum atomic E-state index is 0.158. The second kappa shape index (κ2) is 6.02. The first-order valence-electron chi connectivity index (χ1n) is 6.92. The number of anilines is 1. The van der Waals surface area contributed by atoms with Crippen LogP contribution in [0.15, 0.2) is 0 Å². The molecule has 0 aromatic carbocycles. The van der Waals surface area contributed by atoms with Gasteiger partial charge in [-0.25, -0.2) is 4.98 Å². The monoisotopic (exact) mass is 299 g/mol. The van der Waals surface area contributed by atoms with Crippen molar-refractivity contribution >= 4 is 28.2 Å². The van der Waals surface area contributed by atoms with E-state index in [1.54, 1.807) is 0 Å². The maximum atomic E-state index is 4.78. The van der Waals surface area contributed by atoms with Crippen LogP contribution in [0.2, 0.25) is 0 Å². The van der Waals surface area contributed by atoms with Crippen molar-refractivity contribution in [2.75, 3.05) is 23.0 Å². The number of thiazole rings is 1. The van der Waals surface area contributed by atoms with Crippen LogP contribution in [0.4, 0.5) is 5.13 Å². The Morgan fingerprint density at radius 3 is 2.79 bits per heavy atom. The van der Waals surface area contributed by atoms with Crippen LogP contribution in [0.1, 0.15) is 38.3 Å². The summed E-state index contributed by atoms with van der Waals surface area (Å²) in [5, 5.41) is 4.76. The van der Waals surface area contributed by atoms with Crippen molar-refractivity contribution < 1.29 is 0 Å². The maximum Gasteiger partial charge on any atom is 0.186 e. The standard InChI is InChI=1S/C14H25N3S2/c1-10-9-18-7-6-17(10)13-16-11(2)12(19-13)8-15-14(3,4)5/h10,15H,6-9H2,1-5H3. The van der Waals surface area contributed by atoms with Crippen LogP contribution in [-0.4, -0.2) is 34.6 Å². The number of aromatic nitrogens is 1. The molecule has 5 heteroatoms. The summed E-state index contributed by atoms with van der Waals surface area (Å²) in [5.74, 6) is 2.44. The molecule has 0 spiro atoms. The van der Waals surface area contributed by atoms with Gasteiger partial charge in [-0.05, 0) is 34.6 Å². The lowest BCUT2D eigenvalue weighted by Crippen LogP contribution is -2.40. The highest BCUT2D eigenvalue weighted by atomic mass is 32.2. The van der Waals surface area contributed by atoms with Gasteiger partial charge >= 0.3 is 0 Å². The normalized spacial score (nSPS) is 20.9. The third-order valence-electron chi connectivity index (χ3n) is 3.27. The molecule has 1 saturated heterocycles. The molecule has 0 aliphatic carbocycles. The Morgan fingerprint density at radius 1 is 1.42 bits per heavy atom. The SMILES string of the molecule is Cc1nc(N2CCSCC2C)sc1CNC(C)(C)C. The number of nitrogens with zero attached hydrogens (tertiary/aromatic N) is 2. The van der Waals surface area contributed by atoms with Crippen LogP contribution in [0.3, 0.4) is 0 Å². The number of thioether (sulfide) groups is 1. The molecule has 1 N–H and O–H groups in total. The fraction of sp³-hybridized carbons (Fsp3) is 0.786. The molecular weight excluding hydrogens is 274 g/mol. The average Bonchev–Trinajstić information content (AvgIpc) is 2.68. The van der Waals surface area contributed by atoms with Crippen molar-refractivity contribution in [2.45, 2.75) is 52.7 Å². The molecule has 1 aromatic rings. The van der Waals surface area contributed by atoms with Gasteiger partial charge < -0.3 is 10.2 Å². The smallest absolute Gasteiger partial charge is 0.186 e. The van der Waals surface area contributed by atoms with Gasteiger partial charge in [0.2, 0.25) is 0 Å². The highest BCUT2D eigenvalue weighted by molar-refractivity contribution is 7.99. The summed E-state index contributed by atoms with van der Waals surface area (Å²) in [5.41, 5.74) is 1.34. The summed E-state index contributed by atoms with van der Waals surface area (Å²) < 4.78 is 0. The highest BCUT2D eigenvalue weighted by Gasteiger charge is 2.22. The zero-order chi connectivity index (χ0) is 14.0. The fourth-order valence-electron chi connectivity index (χ4n) is 2.06. The molecule has 1 atom stereocenters. The number of rotatable bonds is 3. The van der Waals surface area contributed by atoms with Gasteiger partial charge in [-0.1, -0.05) is 0 Å². The predicted octanol–water partition coefficient (Wildman–Crippen LogP) is 3.28. The van der Waals surface area contributed by atoms with Crippen LogP contribution in [-0.2, 0) is 6.54 Å². The second-order valence-electron chi connectivity index (χ2n) is 6.23. The average molecular weight is 300 g/mol. The first-order chi connectivity index (χ1) is 8.87. The van der Waals surface area contributed by atoms with E-state index < -0.39 is 0 Å². The molecule has 3 nitrogen and oxygen atoms in total. The van der Waals surface area contributed by atoms with Crippen molar-refractivity contribution in [3.8, 4) is 0 Å². The third-order valence-corrected chi connectivity index (χ3v) is 5.66. The first kappa shape index (κ1) is 15.1.